The quantitative estimate of drug-likeness (QED) is 0.454. The van der Waals surface area contributed by atoms with E-state index in [1.54, 1.807) is 13.2 Å². The van der Waals surface area contributed by atoms with E-state index in [0.29, 0.717) is 42.1 Å². The van der Waals surface area contributed by atoms with Gasteiger partial charge in [-0.05, 0) is 55.3 Å². The van der Waals surface area contributed by atoms with Crippen molar-refractivity contribution in [3.05, 3.63) is 66.4 Å². The number of amides is 1. The lowest BCUT2D eigenvalue weighted by Crippen LogP contribution is -2.38. The third-order valence-corrected chi connectivity index (χ3v) is 6.15. The summed E-state index contributed by atoms with van der Waals surface area (Å²) in [4.78, 5) is 17.4. The van der Waals surface area contributed by atoms with Gasteiger partial charge in [-0.25, -0.2) is 4.98 Å². The molecule has 0 unspecified atom stereocenters. The summed E-state index contributed by atoms with van der Waals surface area (Å²) in [6.07, 6.45) is 2.69. The molecular formula is C27H28N4O3. The van der Waals surface area contributed by atoms with Crippen LogP contribution in [0.2, 0.25) is 0 Å². The van der Waals surface area contributed by atoms with Crippen LogP contribution >= 0.6 is 0 Å². The van der Waals surface area contributed by atoms with Crippen LogP contribution in [0.3, 0.4) is 0 Å². The zero-order chi connectivity index (χ0) is 24.1. The third kappa shape index (κ3) is 5.19. The fourth-order valence-electron chi connectivity index (χ4n) is 4.25. The summed E-state index contributed by atoms with van der Waals surface area (Å²) in [5.41, 5.74) is 3.09. The average molecular weight is 457 g/mol. The first-order chi connectivity index (χ1) is 16.5. The molecule has 0 aliphatic heterocycles. The van der Waals surface area contributed by atoms with Gasteiger partial charge in [-0.3, -0.25) is 4.79 Å². The zero-order valence-electron chi connectivity index (χ0n) is 19.2. The van der Waals surface area contributed by atoms with Gasteiger partial charge in [0.25, 0.3) is 5.91 Å². The Hall–Kier alpha value is -3.89. The first kappa shape index (κ1) is 23.3. The Morgan fingerprint density at radius 2 is 1.97 bits per heavy atom. The molecule has 1 aromatic heterocycles. The summed E-state index contributed by atoms with van der Waals surface area (Å²) in [5.74, 6) is 0.456. The third-order valence-electron chi connectivity index (χ3n) is 6.15. The number of methoxy groups -OCH3 is 1. The summed E-state index contributed by atoms with van der Waals surface area (Å²) < 4.78 is 5.54. The Morgan fingerprint density at radius 1 is 1.21 bits per heavy atom. The van der Waals surface area contributed by atoms with E-state index in [1.807, 2.05) is 48.5 Å². The SMILES string of the molecule is C=C(C#N)CNc1c(OC)ccc2ccc(-c3cccc(C(=O)NC4CCC(O)CC4)n3)cc12. The Labute approximate surface area is 199 Å². The highest BCUT2D eigenvalue weighted by molar-refractivity contribution is 5.99. The van der Waals surface area contributed by atoms with Gasteiger partial charge < -0.3 is 20.5 Å². The van der Waals surface area contributed by atoms with Gasteiger partial charge in [0.2, 0.25) is 0 Å². The van der Waals surface area contributed by atoms with Gasteiger partial charge in [0, 0.05) is 29.1 Å². The maximum atomic E-state index is 12.8. The fourth-order valence-corrected chi connectivity index (χ4v) is 4.25. The minimum atomic E-state index is -0.265. The molecule has 34 heavy (non-hydrogen) atoms. The minimum Gasteiger partial charge on any atom is -0.495 e. The van der Waals surface area contributed by atoms with E-state index in [9.17, 15) is 9.90 Å². The van der Waals surface area contributed by atoms with Crippen molar-refractivity contribution in [2.75, 3.05) is 19.0 Å². The predicted molar refractivity (Wildman–Crippen MR) is 133 cm³/mol. The number of nitrogens with one attached hydrogen (secondary N) is 2. The number of fused-ring (bicyclic) bond motifs is 1. The van der Waals surface area contributed by atoms with E-state index in [1.165, 1.54) is 0 Å². The number of pyridine rings is 1. The lowest BCUT2D eigenvalue weighted by atomic mass is 9.93. The van der Waals surface area contributed by atoms with Gasteiger partial charge >= 0.3 is 0 Å². The summed E-state index contributed by atoms with van der Waals surface area (Å²) in [7, 11) is 1.60. The van der Waals surface area contributed by atoms with Gasteiger partial charge in [0.15, 0.2) is 0 Å². The minimum absolute atomic E-state index is 0.0614. The molecule has 1 heterocycles. The van der Waals surface area contributed by atoms with E-state index >= 15 is 0 Å². The van der Waals surface area contributed by atoms with Crippen molar-refractivity contribution in [2.24, 2.45) is 0 Å². The predicted octanol–water partition coefficient (Wildman–Crippen LogP) is 4.44. The molecule has 4 rings (SSSR count). The molecule has 7 nitrogen and oxygen atoms in total. The molecule has 0 bridgehead atoms. The summed E-state index contributed by atoms with van der Waals surface area (Å²) >= 11 is 0. The number of hydrogen-bond acceptors (Lipinski definition) is 6. The number of ether oxygens (including phenoxy) is 1. The second-order valence-electron chi connectivity index (χ2n) is 8.53. The topological polar surface area (TPSA) is 107 Å². The van der Waals surface area contributed by atoms with E-state index in [4.69, 9.17) is 10.00 Å². The van der Waals surface area contributed by atoms with E-state index in [-0.39, 0.29) is 18.1 Å². The Balaban J connectivity index is 1.62. The Bertz CT molecular complexity index is 1260. The molecule has 1 aliphatic rings. The van der Waals surface area contributed by atoms with Crippen molar-refractivity contribution in [3.63, 3.8) is 0 Å². The van der Waals surface area contributed by atoms with Crippen LogP contribution < -0.4 is 15.4 Å². The van der Waals surface area contributed by atoms with Crippen molar-refractivity contribution in [3.8, 4) is 23.1 Å². The molecule has 1 saturated carbocycles. The van der Waals surface area contributed by atoms with Crippen LogP contribution in [0.5, 0.6) is 5.75 Å². The van der Waals surface area contributed by atoms with Gasteiger partial charge in [0.1, 0.15) is 11.4 Å². The molecule has 0 atom stereocenters. The number of aromatic nitrogens is 1. The highest BCUT2D eigenvalue weighted by Gasteiger charge is 2.22. The number of hydrogen-bond donors (Lipinski definition) is 3. The molecule has 0 radical (unpaired) electrons. The second-order valence-corrected chi connectivity index (χ2v) is 8.53. The molecule has 3 aromatic rings. The number of anilines is 1. The molecule has 0 spiro atoms. The largest absolute Gasteiger partial charge is 0.495 e. The number of benzene rings is 2. The van der Waals surface area contributed by atoms with Crippen molar-refractivity contribution in [2.45, 2.75) is 37.8 Å². The van der Waals surface area contributed by atoms with Gasteiger partial charge in [-0.15, -0.1) is 0 Å². The van der Waals surface area contributed by atoms with Crippen LogP contribution in [0.25, 0.3) is 22.0 Å². The number of carbonyl (C=O) groups is 1. The van der Waals surface area contributed by atoms with Crippen LogP contribution in [0, 0.1) is 11.3 Å². The van der Waals surface area contributed by atoms with Crippen molar-refractivity contribution in [1.82, 2.24) is 10.3 Å². The van der Waals surface area contributed by atoms with Gasteiger partial charge in [-0.2, -0.15) is 5.26 Å². The van der Waals surface area contributed by atoms with E-state index < -0.39 is 0 Å². The highest BCUT2D eigenvalue weighted by atomic mass is 16.5. The van der Waals surface area contributed by atoms with Crippen LogP contribution in [0.4, 0.5) is 5.69 Å². The maximum absolute atomic E-state index is 12.8. The number of aliphatic hydroxyl groups excluding tert-OH is 1. The zero-order valence-corrected chi connectivity index (χ0v) is 19.2. The molecule has 1 fully saturated rings. The normalized spacial score (nSPS) is 17.6. The number of aliphatic hydroxyl groups is 1. The first-order valence-electron chi connectivity index (χ1n) is 11.4. The summed E-state index contributed by atoms with van der Waals surface area (Å²) in [6.45, 7) is 4.04. The van der Waals surface area contributed by atoms with Gasteiger partial charge in [-0.1, -0.05) is 30.8 Å². The number of carbonyl (C=O) groups excluding carboxylic acids is 1. The summed E-state index contributed by atoms with van der Waals surface area (Å²) in [5, 5.41) is 27.0. The molecule has 0 saturated heterocycles. The molecular weight excluding hydrogens is 428 g/mol. The first-order valence-corrected chi connectivity index (χ1v) is 11.4. The molecule has 7 heteroatoms. The van der Waals surface area contributed by atoms with Crippen molar-refractivity contribution < 1.29 is 14.6 Å². The molecule has 174 valence electrons. The number of nitrogens with zero attached hydrogens (tertiary/aromatic N) is 2. The maximum Gasteiger partial charge on any atom is 0.270 e. The molecule has 1 aliphatic carbocycles. The molecule has 2 aromatic carbocycles. The van der Waals surface area contributed by atoms with E-state index in [0.717, 1.165) is 34.9 Å². The smallest absolute Gasteiger partial charge is 0.270 e. The van der Waals surface area contributed by atoms with Crippen LogP contribution in [-0.4, -0.2) is 41.8 Å². The Kier molecular flexibility index (Phi) is 7.09. The van der Waals surface area contributed by atoms with Gasteiger partial charge in [0.05, 0.1) is 30.7 Å². The van der Waals surface area contributed by atoms with Crippen LogP contribution in [0.15, 0.2) is 60.7 Å². The van der Waals surface area contributed by atoms with Crippen molar-refractivity contribution >= 4 is 22.4 Å². The van der Waals surface area contributed by atoms with Crippen molar-refractivity contribution in [1.29, 1.82) is 5.26 Å². The lowest BCUT2D eigenvalue weighted by molar-refractivity contribution is 0.0863. The second kappa shape index (κ2) is 10.4. The molecule has 3 N–H and O–H groups in total. The Morgan fingerprint density at radius 3 is 2.71 bits per heavy atom. The number of nitriles is 1. The van der Waals surface area contributed by atoms with E-state index in [2.05, 4.69) is 22.2 Å². The van der Waals surface area contributed by atoms with Crippen LogP contribution in [-0.2, 0) is 0 Å². The highest BCUT2D eigenvalue weighted by Crippen LogP contribution is 2.35. The van der Waals surface area contributed by atoms with Crippen LogP contribution in [0.1, 0.15) is 36.2 Å². The molecule has 1 amide bonds. The monoisotopic (exact) mass is 456 g/mol. The standard InChI is InChI=1S/C27H28N4O3/c1-17(15-28)16-29-26-22-14-19(7-6-18(22)8-13-25(26)34-2)23-4-3-5-24(31-23)27(33)30-20-9-11-21(32)12-10-20/h3-8,13-14,20-21,29,32H,1,9-12,16H2,2H3,(H,30,33). The summed E-state index contributed by atoms with van der Waals surface area (Å²) in [6, 6.07) is 17.3. The lowest BCUT2D eigenvalue weighted by Gasteiger charge is -2.26. The fraction of sp³-hybridized carbons (Fsp3) is 0.296. The number of rotatable bonds is 7. The average Bonchev–Trinajstić information content (AvgIpc) is 2.87.